The van der Waals surface area contributed by atoms with Crippen molar-refractivity contribution < 1.29 is 14.8 Å². The van der Waals surface area contributed by atoms with E-state index < -0.39 is 31.8 Å². The van der Waals surface area contributed by atoms with Crippen LogP contribution in [0.2, 0.25) is 0 Å². The summed E-state index contributed by atoms with van der Waals surface area (Å²) in [5.41, 5.74) is -2.89. The molecular formula is C6H3N3O6. The van der Waals surface area contributed by atoms with Crippen molar-refractivity contribution in [2.75, 3.05) is 0 Å². The minimum Gasteiger partial charge on any atom is -0.258 e. The van der Waals surface area contributed by atoms with E-state index in [1.807, 2.05) is 0 Å². The fourth-order valence-electron chi connectivity index (χ4n) is 1.00. The molecule has 0 saturated carbocycles. The van der Waals surface area contributed by atoms with Gasteiger partial charge in [0, 0.05) is 12.1 Å². The minimum absolute atomic E-state index is 0.838. The second-order valence-electron chi connectivity index (χ2n) is 2.42. The highest BCUT2D eigenvalue weighted by molar-refractivity contribution is 5.65. The first kappa shape index (κ1) is 10.5. The number of rotatable bonds is 3. The molecule has 0 aliphatic carbocycles. The van der Waals surface area contributed by atoms with E-state index in [-0.39, 0.29) is 0 Å². The molecule has 9 nitrogen and oxygen atoms in total. The van der Waals surface area contributed by atoms with Crippen molar-refractivity contribution in [2.45, 2.75) is 0 Å². The number of hydrogen-bond donors (Lipinski definition) is 0. The van der Waals surface area contributed by atoms with Crippen molar-refractivity contribution in [3.63, 3.8) is 0 Å². The SMILES string of the molecule is O=[N+]([O-])c1cccc([N+](=O)[O-])c1[N+](=O)[O-]. The summed E-state index contributed by atoms with van der Waals surface area (Å²) < 4.78 is 0. The summed E-state index contributed by atoms with van der Waals surface area (Å²) in [6.45, 7) is 0. The summed E-state index contributed by atoms with van der Waals surface area (Å²) in [6.07, 6.45) is 0. The lowest BCUT2D eigenvalue weighted by atomic mass is 10.2. The second kappa shape index (κ2) is 3.65. The molecule has 0 aliphatic heterocycles. The highest BCUT2D eigenvalue weighted by atomic mass is 16.6. The highest BCUT2D eigenvalue weighted by Gasteiger charge is 2.34. The number of benzene rings is 1. The summed E-state index contributed by atoms with van der Waals surface area (Å²) in [4.78, 5) is 28.0. The van der Waals surface area contributed by atoms with Crippen molar-refractivity contribution in [1.82, 2.24) is 0 Å². The molecule has 9 heteroatoms. The van der Waals surface area contributed by atoms with Gasteiger partial charge in [-0.3, -0.25) is 30.3 Å². The van der Waals surface area contributed by atoms with Crippen molar-refractivity contribution in [3.8, 4) is 0 Å². The molecule has 1 aromatic rings. The van der Waals surface area contributed by atoms with E-state index in [1.165, 1.54) is 0 Å². The van der Waals surface area contributed by atoms with Crippen LogP contribution in [0, 0.1) is 30.3 Å². The van der Waals surface area contributed by atoms with Crippen molar-refractivity contribution in [3.05, 3.63) is 48.5 Å². The third kappa shape index (κ3) is 1.85. The van der Waals surface area contributed by atoms with Gasteiger partial charge < -0.3 is 0 Å². The van der Waals surface area contributed by atoms with E-state index in [1.54, 1.807) is 0 Å². The normalized spacial score (nSPS) is 9.60. The predicted octanol–water partition coefficient (Wildman–Crippen LogP) is 1.41. The van der Waals surface area contributed by atoms with Crippen molar-refractivity contribution in [2.24, 2.45) is 0 Å². The topological polar surface area (TPSA) is 129 Å². The van der Waals surface area contributed by atoms with Gasteiger partial charge in [-0.1, -0.05) is 0 Å². The summed E-state index contributed by atoms with van der Waals surface area (Å²) in [7, 11) is 0. The van der Waals surface area contributed by atoms with Crippen LogP contribution in [-0.4, -0.2) is 14.8 Å². The zero-order chi connectivity index (χ0) is 11.6. The third-order valence-corrected chi connectivity index (χ3v) is 1.57. The Bertz CT molecular complexity index is 424. The Morgan fingerprint density at radius 3 is 1.47 bits per heavy atom. The van der Waals surface area contributed by atoms with Gasteiger partial charge in [-0.2, -0.15) is 0 Å². The maximum Gasteiger partial charge on any atom is 0.422 e. The molecule has 0 saturated heterocycles. The van der Waals surface area contributed by atoms with Crippen LogP contribution in [0.4, 0.5) is 17.1 Å². The molecule has 0 N–H and O–H groups in total. The molecule has 78 valence electrons. The van der Waals surface area contributed by atoms with Crippen LogP contribution in [0.5, 0.6) is 0 Å². The van der Waals surface area contributed by atoms with Gasteiger partial charge in [0.15, 0.2) is 0 Å². The maximum absolute atomic E-state index is 10.4. The maximum atomic E-state index is 10.4. The lowest BCUT2D eigenvalue weighted by molar-refractivity contribution is -0.441. The Morgan fingerprint density at radius 2 is 1.20 bits per heavy atom. The van der Waals surface area contributed by atoms with Crippen molar-refractivity contribution in [1.29, 1.82) is 0 Å². The number of nitrogens with zero attached hydrogens (tertiary/aromatic N) is 3. The largest absolute Gasteiger partial charge is 0.422 e. The molecule has 0 amide bonds. The summed E-state index contributed by atoms with van der Waals surface area (Å²) >= 11 is 0. The highest BCUT2D eigenvalue weighted by Crippen LogP contribution is 2.35. The molecule has 0 radical (unpaired) electrons. The second-order valence-corrected chi connectivity index (χ2v) is 2.42. The molecule has 0 bridgehead atoms. The Hall–Kier alpha value is -2.58. The number of nitro groups is 3. The summed E-state index contributed by atoms with van der Waals surface area (Å²) in [6, 6.07) is 2.69. The average Bonchev–Trinajstić information content (AvgIpc) is 2.16. The van der Waals surface area contributed by atoms with E-state index >= 15 is 0 Å². The number of nitro benzene ring substituents is 3. The molecule has 0 unspecified atom stereocenters. The molecule has 1 rings (SSSR count). The molecule has 0 atom stereocenters. The van der Waals surface area contributed by atoms with E-state index in [0.29, 0.717) is 0 Å². The minimum atomic E-state index is -1.14. The van der Waals surface area contributed by atoms with Crippen molar-refractivity contribution >= 4 is 17.1 Å². The molecule has 0 heterocycles. The standard InChI is InChI=1S/C6H3N3O6/c10-7(11)4-2-1-3-5(8(12)13)6(4)9(14)15/h1-3H. The van der Waals surface area contributed by atoms with Crippen LogP contribution >= 0.6 is 0 Å². The lowest BCUT2D eigenvalue weighted by Crippen LogP contribution is -2.00. The molecule has 0 aromatic heterocycles. The van der Waals surface area contributed by atoms with Gasteiger partial charge in [-0.25, -0.2) is 0 Å². The van der Waals surface area contributed by atoms with Gasteiger partial charge in [0.05, 0.1) is 14.8 Å². The Labute approximate surface area is 81.4 Å². The number of para-hydroxylation sites is 1. The van der Waals surface area contributed by atoms with E-state index in [2.05, 4.69) is 0 Å². The summed E-state index contributed by atoms with van der Waals surface area (Å²) in [5, 5.41) is 31.2. The van der Waals surface area contributed by atoms with Gasteiger partial charge in [-0.05, 0) is 6.07 Å². The van der Waals surface area contributed by atoms with E-state index in [4.69, 9.17) is 0 Å². The van der Waals surface area contributed by atoms with Gasteiger partial charge in [0.2, 0.25) is 0 Å². The van der Waals surface area contributed by atoms with Crippen LogP contribution in [0.3, 0.4) is 0 Å². The molecule has 0 aliphatic rings. The summed E-state index contributed by atoms with van der Waals surface area (Å²) in [5.74, 6) is 0. The fourth-order valence-corrected chi connectivity index (χ4v) is 1.00. The molecule has 15 heavy (non-hydrogen) atoms. The fraction of sp³-hybridized carbons (Fsp3) is 0. The smallest absolute Gasteiger partial charge is 0.258 e. The Balaban J connectivity index is 3.56. The van der Waals surface area contributed by atoms with Crippen LogP contribution in [0.25, 0.3) is 0 Å². The molecule has 1 aromatic carbocycles. The first-order valence-electron chi connectivity index (χ1n) is 3.51. The third-order valence-electron chi connectivity index (χ3n) is 1.57. The van der Waals surface area contributed by atoms with E-state index in [0.717, 1.165) is 18.2 Å². The van der Waals surface area contributed by atoms with Crippen LogP contribution in [0.1, 0.15) is 0 Å². The first-order valence-corrected chi connectivity index (χ1v) is 3.51. The van der Waals surface area contributed by atoms with Gasteiger partial charge in [-0.15, -0.1) is 0 Å². The van der Waals surface area contributed by atoms with Gasteiger partial charge >= 0.3 is 17.1 Å². The van der Waals surface area contributed by atoms with Crippen LogP contribution in [-0.2, 0) is 0 Å². The Kier molecular flexibility index (Phi) is 2.56. The lowest BCUT2D eigenvalue weighted by Gasteiger charge is -1.95. The quantitative estimate of drug-likeness (QED) is 0.551. The predicted molar refractivity (Wildman–Crippen MR) is 46.4 cm³/mol. The average molecular weight is 213 g/mol. The number of hydrogen-bond acceptors (Lipinski definition) is 6. The van der Waals surface area contributed by atoms with Gasteiger partial charge in [0.25, 0.3) is 0 Å². The van der Waals surface area contributed by atoms with Crippen LogP contribution in [0.15, 0.2) is 18.2 Å². The molecular weight excluding hydrogens is 210 g/mol. The zero-order valence-electron chi connectivity index (χ0n) is 7.02. The Morgan fingerprint density at radius 1 is 0.800 bits per heavy atom. The molecule has 0 fully saturated rings. The van der Waals surface area contributed by atoms with E-state index in [9.17, 15) is 30.3 Å². The first-order chi connectivity index (χ1) is 6.95. The van der Waals surface area contributed by atoms with Crippen LogP contribution < -0.4 is 0 Å². The zero-order valence-corrected chi connectivity index (χ0v) is 7.02. The molecule has 0 spiro atoms. The monoisotopic (exact) mass is 213 g/mol. The van der Waals surface area contributed by atoms with Gasteiger partial charge in [0.1, 0.15) is 0 Å².